The lowest BCUT2D eigenvalue weighted by Gasteiger charge is -2.03. The highest BCUT2D eigenvalue weighted by molar-refractivity contribution is 5.94. The minimum Gasteiger partial charge on any atom is -0.476 e. The largest absolute Gasteiger partial charge is 0.476 e. The molecular weight excluding hydrogens is 270 g/mol. The van der Waals surface area contributed by atoms with Gasteiger partial charge in [-0.1, -0.05) is 13.0 Å². The second-order valence-corrected chi connectivity index (χ2v) is 4.68. The average Bonchev–Trinajstić information content (AvgIpc) is 2.98. The summed E-state index contributed by atoms with van der Waals surface area (Å²) in [6, 6.07) is 5.35. The zero-order valence-corrected chi connectivity index (χ0v) is 11.7. The van der Waals surface area contributed by atoms with Crippen LogP contribution in [0, 0.1) is 0 Å². The Morgan fingerprint density at radius 2 is 2.24 bits per heavy atom. The number of pyridine rings is 1. The van der Waals surface area contributed by atoms with E-state index in [0.717, 1.165) is 17.8 Å². The first kappa shape index (κ1) is 13.2. The molecule has 7 nitrogen and oxygen atoms in total. The maximum Gasteiger partial charge on any atom is 0.356 e. The number of nitrogens with one attached hydrogen (secondary N) is 1. The summed E-state index contributed by atoms with van der Waals surface area (Å²) in [5, 5.41) is 16.9. The molecule has 0 spiro atoms. The molecular formula is C14H15N5O2. The summed E-state index contributed by atoms with van der Waals surface area (Å²) in [6.07, 6.45) is 4.24. The van der Waals surface area contributed by atoms with Crippen LogP contribution in [-0.2, 0) is 13.5 Å². The number of nitrogens with zero attached hydrogens (tertiary/aromatic N) is 4. The van der Waals surface area contributed by atoms with Crippen LogP contribution in [0.5, 0.6) is 0 Å². The maximum atomic E-state index is 11.5. The van der Waals surface area contributed by atoms with Crippen LogP contribution in [0.1, 0.15) is 23.1 Å². The highest BCUT2D eigenvalue weighted by Crippen LogP contribution is 2.24. The van der Waals surface area contributed by atoms with E-state index in [9.17, 15) is 9.90 Å². The Labute approximate surface area is 120 Å². The van der Waals surface area contributed by atoms with Crippen molar-refractivity contribution in [2.24, 2.45) is 7.05 Å². The molecule has 3 aromatic rings. The van der Waals surface area contributed by atoms with Gasteiger partial charge in [0.1, 0.15) is 5.65 Å². The van der Waals surface area contributed by atoms with Gasteiger partial charge in [-0.05, 0) is 18.6 Å². The van der Waals surface area contributed by atoms with Crippen molar-refractivity contribution in [3.63, 3.8) is 0 Å². The van der Waals surface area contributed by atoms with Crippen molar-refractivity contribution < 1.29 is 9.90 Å². The maximum absolute atomic E-state index is 11.5. The average molecular weight is 285 g/mol. The lowest BCUT2D eigenvalue weighted by molar-refractivity contribution is 0.0690. The third kappa shape index (κ3) is 2.22. The van der Waals surface area contributed by atoms with E-state index in [2.05, 4.69) is 15.4 Å². The van der Waals surface area contributed by atoms with Gasteiger partial charge in [0, 0.05) is 19.4 Å². The van der Waals surface area contributed by atoms with Crippen LogP contribution in [0.3, 0.4) is 0 Å². The molecule has 3 rings (SSSR count). The molecule has 2 N–H and O–H groups in total. The molecule has 0 aromatic carbocycles. The molecule has 0 saturated carbocycles. The van der Waals surface area contributed by atoms with Crippen molar-refractivity contribution in [2.45, 2.75) is 13.3 Å². The predicted molar refractivity (Wildman–Crippen MR) is 78.0 cm³/mol. The summed E-state index contributed by atoms with van der Waals surface area (Å²) in [7, 11) is 1.83. The quantitative estimate of drug-likeness (QED) is 0.766. The minimum atomic E-state index is -1.03. The summed E-state index contributed by atoms with van der Waals surface area (Å²) in [5.74, 6) is -0.713. The number of anilines is 2. The molecule has 0 saturated heterocycles. The molecule has 0 amide bonds. The third-order valence-electron chi connectivity index (χ3n) is 3.23. The predicted octanol–water partition coefficient (Wildman–Crippen LogP) is 2.07. The molecule has 0 bridgehead atoms. The van der Waals surface area contributed by atoms with E-state index in [1.54, 1.807) is 27.4 Å². The number of hydrogen-bond acceptors (Lipinski definition) is 4. The Morgan fingerprint density at radius 1 is 1.43 bits per heavy atom. The van der Waals surface area contributed by atoms with E-state index >= 15 is 0 Å². The number of aryl methyl sites for hydroxylation is 2. The molecule has 0 atom stereocenters. The number of imidazole rings is 1. The minimum absolute atomic E-state index is 0.108. The first-order valence-electron chi connectivity index (χ1n) is 6.60. The summed E-state index contributed by atoms with van der Waals surface area (Å²) in [6.45, 7) is 2.00. The fourth-order valence-electron chi connectivity index (χ4n) is 2.31. The number of carbonyl (C=O) groups is 1. The smallest absolute Gasteiger partial charge is 0.356 e. The monoisotopic (exact) mass is 285 g/mol. The Morgan fingerprint density at radius 3 is 2.95 bits per heavy atom. The number of carboxylic acid groups (broad SMARTS) is 1. The second-order valence-electron chi connectivity index (χ2n) is 4.68. The first-order chi connectivity index (χ1) is 10.1. The van der Waals surface area contributed by atoms with Crippen molar-refractivity contribution >= 4 is 23.1 Å². The van der Waals surface area contributed by atoms with Crippen molar-refractivity contribution in [2.75, 3.05) is 5.32 Å². The molecule has 3 heterocycles. The van der Waals surface area contributed by atoms with Crippen LogP contribution in [0.25, 0.3) is 5.65 Å². The van der Waals surface area contributed by atoms with E-state index in [1.807, 2.05) is 26.2 Å². The molecule has 3 aromatic heterocycles. The zero-order chi connectivity index (χ0) is 15.0. The number of aromatic nitrogens is 4. The van der Waals surface area contributed by atoms with Crippen LogP contribution in [0.2, 0.25) is 0 Å². The standard InChI is InChI=1S/C14H15N5O2/c1-3-9-10(8-18(2)17-9)15-13-12(14(20)21)19-7-5-4-6-11(19)16-13/h4-8,15H,3H2,1-2H3,(H,20,21). The van der Waals surface area contributed by atoms with Gasteiger partial charge in [-0.15, -0.1) is 0 Å². The van der Waals surface area contributed by atoms with Crippen molar-refractivity contribution in [1.82, 2.24) is 19.2 Å². The lowest BCUT2D eigenvalue weighted by atomic mass is 10.3. The number of carboxylic acids is 1. The zero-order valence-electron chi connectivity index (χ0n) is 11.7. The molecule has 21 heavy (non-hydrogen) atoms. The van der Waals surface area contributed by atoms with Crippen LogP contribution in [-0.4, -0.2) is 30.2 Å². The van der Waals surface area contributed by atoms with Gasteiger partial charge >= 0.3 is 5.97 Å². The second kappa shape index (κ2) is 4.93. The van der Waals surface area contributed by atoms with Gasteiger partial charge in [-0.2, -0.15) is 5.10 Å². The molecule has 108 valence electrons. The summed E-state index contributed by atoms with van der Waals surface area (Å²) in [4.78, 5) is 15.9. The van der Waals surface area contributed by atoms with Gasteiger partial charge in [-0.25, -0.2) is 9.78 Å². The van der Waals surface area contributed by atoms with Gasteiger partial charge in [0.2, 0.25) is 0 Å². The molecule has 0 radical (unpaired) electrons. The van der Waals surface area contributed by atoms with Crippen molar-refractivity contribution in [1.29, 1.82) is 0 Å². The van der Waals surface area contributed by atoms with E-state index < -0.39 is 5.97 Å². The SMILES string of the molecule is CCc1nn(C)cc1Nc1nc2ccccn2c1C(=O)O. The van der Waals surface area contributed by atoms with E-state index in [-0.39, 0.29) is 5.69 Å². The third-order valence-corrected chi connectivity index (χ3v) is 3.23. The number of rotatable bonds is 4. The van der Waals surface area contributed by atoms with E-state index in [1.165, 1.54) is 0 Å². The molecule has 0 aliphatic carbocycles. The summed E-state index contributed by atoms with van der Waals surface area (Å²) < 4.78 is 3.24. The molecule has 0 aliphatic heterocycles. The van der Waals surface area contributed by atoms with Crippen LogP contribution < -0.4 is 5.32 Å². The fraction of sp³-hybridized carbons (Fsp3) is 0.214. The lowest BCUT2D eigenvalue weighted by Crippen LogP contribution is -2.05. The molecule has 0 aliphatic rings. The summed E-state index contributed by atoms with van der Waals surface area (Å²) in [5.41, 5.74) is 2.33. The van der Waals surface area contributed by atoms with Crippen molar-refractivity contribution in [3.8, 4) is 0 Å². The van der Waals surface area contributed by atoms with Crippen LogP contribution >= 0.6 is 0 Å². The van der Waals surface area contributed by atoms with E-state index in [0.29, 0.717) is 11.5 Å². The van der Waals surface area contributed by atoms with Crippen LogP contribution in [0.15, 0.2) is 30.6 Å². The van der Waals surface area contributed by atoms with Gasteiger partial charge in [0.05, 0.1) is 11.4 Å². The van der Waals surface area contributed by atoms with Gasteiger partial charge < -0.3 is 10.4 Å². The number of aromatic carboxylic acids is 1. The van der Waals surface area contributed by atoms with Gasteiger partial charge in [0.25, 0.3) is 0 Å². The number of hydrogen-bond donors (Lipinski definition) is 2. The van der Waals surface area contributed by atoms with Gasteiger partial charge in [0.15, 0.2) is 11.5 Å². The normalized spacial score (nSPS) is 11.0. The highest BCUT2D eigenvalue weighted by Gasteiger charge is 2.19. The Hall–Kier alpha value is -2.83. The Kier molecular flexibility index (Phi) is 3.09. The van der Waals surface area contributed by atoms with E-state index in [4.69, 9.17) is 0 Å². The van der Waals surface area contributed by atoms with Crippen LogP contribution in [0.4, 0.5) is 11.5 Å². The Balaban J connectivity index is 2.11. The molecule has 0 fully saturated rings. The number of fused-ring (bicyclic) bond motifs is 1. The topological polar surface area (TPSA) is 84.5 Å². The molecule has 7 heteroatoms. The Bertz CT molecular complexity index is 818. The fourth-order valence-corrected chi connectivity index (χ4v) is 2.31. The van der Waals surface area contributed by atoms with Gasteiger partial charge in [-0.3, -0.25) is 9.08 Å². The van der Waals surface area contributed by atoms with Crippen molar-refractivity contribution in [3.05, 3.63) is 42.0 Å². The summed E-state index contributed by atoms with van der Waals surface area (Å²) >= 11 is 0. The highest BCUT2D eigenvalue weighted by atomic mass is 16.4. The molecule has 0 unspecified atom stereocenters. The first-order valence-corrected chi connectivity index (χ1v) is 6.60.